The van der Waals surface area contributed by atoms with Crippen LogP contribution in [0, 0.1) is 5.92 Å². The summed E-state index contributed by atoms with van der Waals surface area (Å²) in [6.07, 6.45) is -6.35. The van der Waals surface area contributed by atoms with Crippen molar-refractivity contribution in [3.63, 3.8) is 0 Å². The van der Waals surface area contributed by atoms with Crippen molar-refractivity contribution in [2.24, 2.45) is 5.92 Å². The van der Waals surface area contributed by atoms with Crippen LogP contribution in [0.25, 0.3) is 5.57 Å². The maximum Gasteiger partial charge on any atom is 0.408 e. The SMILES string of the molecule is C[C@@H](Nc1nc(NCC2CC2)nc(C2=C(F)C(O)C(F)CC2)n1)C(F)(F)F. The molecule has 2 aliphatic rings. The van der Waals surface area contributed by atoms with E-state index in [9.17, 15) is 27.1 Å². The van der Waals surface area contributed by atoms with Gasteiger partial charge in [0.15, 0.2) is 5.82 Å². The van der Waals surface area contributed by atoms with Crippen LogP contribution < -0.4 is 10.6 Å². The molecule has 3 atom stereocenters. The summed E-state index contributed by atoms with van der Waals surface area (Å²) in [5.41, 5.74) is -0.129. The smallest absolute Gasteiger partial charge is 0.383 e. The molecule has 0 aromatic carbocycles. The van der Waals surface area contributed by atoms with Crippen LogP contribution in [0.2, 0.25) is 0 Å². The molecule has 11 heteroatoms. The lowest BCUT2D eigenvalue weighted by Crippen LogP contribution is -2.34. The van der Waals surface area contributed by atoms with Gasteiger partial charge in [-0.25, -0.2) is 8.78 Å². The van der Waals surface area contributed by atoms with E-state index in [2.05, 4.69) is 25.6 Å². The van der Waals surface area contributed by atoms with Gasteiger partial charge in [0.2, 0.25) is 11.9 Å². The molecule has 27 heavy (non-hydrogen) atoms. The van der Waals surface area contributed by atoms with Crippen LogP contribution >= 0.6 is 0 Å². The summed E-state index contributed by atoms with van der Waals surface area (Å²) in [7, 11) is 0. The fourth-order valence-electron chi connectivity index (χ4n) is 2.60. The Hall–Kier alpha value is -2.04. The van der Waals surface area contributed by atoms with Crippen molar-refractivity contribution in [1.29, 1.82) is 0 Å². The van der Waals surface area contributed by atoms with Gasteiger partial charge in [-0.1, -0.05) is 0 Å². The standard InChI is InChI=1S/C16H20F5N5O/c1-7(16(19,20)21)23-15-25-13(9-4-5-10(17)12(27)11(9)18)24-14(26-15)22-6-8-2-3-8/h7-8,10,12,27H,2-6H2,1H3,(H2,22,23,24,25,26)/t7-,10?,12?/m1/s1. The highest BCUT2D eigenvalue weighted by Crippen LogP contribution is 2.34. The number of aliphatic hydroxyl groups excluding tert-OH is 1. The van der Waals surface area contributed by atoms with E-state index in [0.717, 1.165) is 19.8 Å². The molecule has 3 N–H and O–H groups in total. The van der Waals surface area contributed by atoms with Crippen LogP contribution in [0.5, 0.6) is 0 Å². The minimum atomic E-state index is -4.53. The number of alkyl halides is 4. The normalized spacial score (nSPS) is 24.7. The van der Waals surface area contributed by atoms with Crippen LogP contribution in [-0.4, -0.2) is 51.1 Å². The summed E-state index contributed by atoms with van der Waals surface area (Å²) < 4.78 is 66.2. The van der Waals surface area contributed by atoms with Crippen molar-refractivity contribution in [3.8, 4) is 0 Å². The van der Waals surface area contributed by atoms with Crippen molar-refractivity contribution in [3.05, 3.63) is 11.7 Å². The van der Waals surface area contributed by atoms with Crippen molar-refractivity contribution >= 4 is 17.5 Å². The molecule has 0 saturated heterocycles. The van der Waals surface area contributed by atoms with Crippen molar-refractivity contribution in [2.75, 3.05) is 17.2 Å². The topological polar surface area (TPSA) is 83.0 Å². The number of nitrogens with one attached hydrogen (secondary N) is 2. The summed E-state index contributed by atoms with van der Waals surface area (Å²) in [6.45, 7) is 1.44. The Balaban J connectivity index is 1.91. The summed E-state index contributed by atoms with van der Waals surface area (Å²) in [5, 5.41) is 14.6. The third kappa shape index (κ3) is 4.82. The Morgan fingerprint density at radius 1 is 1.15 bits per heavy atom. The number of aliphatic hydroxyl groups is 1. The zero-order valence-corrected chi connectivity index (χ0v) is 14.5. The third-order valence-corrected chi connectivity index (χ3v) is 4.55. The first-order valence-corrected chi connectivity index (χ1v) is 8.69. The Kier molecular flexibility index (Phi) is 5.50. The molecule has 150 valence electrons. The van der Waals surface area contributed by atoms with Crippen LogP contribution in [0.4, 0.5) is 33.8 Å². The van der Waals surface area contributed by atoms with Crippen molar-refractivity contribution in [1.82, 2.24) is 15.0 Å². The van der Waals surface area contributed by atoms with Gasteiger partial charge in [0.1, 0.15) is 24.1 Å². The molecular weight excluding hydrogens is 373 g/mol. The molecule has 1 saturated carbocycles. The molecule has 2 aliphatic carbocycles. The molecule has 0 bridgehead atoms. The molecule has 3 rings (SSSR count). The highest BCUT2D eigenvalue weighted by Gasteiger charge is 2.37. The van der Waals surface area contributed by atoms with Crippen LogP contribution in [0.1, 0.15) is 38.4 Å². The van der Waals surface area contributed by atoms with Crippen molar-refractivity contribution < 1.29 is 27.1 Å². The second-order valence-corrected chi connectivity index (χ2v) is 6.86. The predicted molar refractivity (Wildman–Crippen MR) is 88.3 cm³/mol. The van der Waals surface area contributed by atoms with Gasteiger partial charge in [0.05, 0.1) is 0 Å². The van der Waals surface area contributed by atoms with E-state index >= 15 is 0 Å². The van der Waals surface area contributed by atoms with Gasteiger partial charge in [0.25, 0.3) is 0 Å². The first kappa shape index (κ1) is 19.7. The molecule has 0 spiro atoms. The lowest BCUT2D eigenvalue weighted by atomic mass is 9.94. The van der Waals surface area contributed by atoms with Gasteiger partial charge in [0, 0.05) is 12.1 Å². The van der Waals surface area contributed by atoms with E-state index in [0.29, 0.717) is 12.5 Å². The Labute approximate surface area is 152 Å². The molecule has 6 nitrogen and oxygen atoms in total. The predicted octanol–water partition coefficient (Wildman–Crippen LogP) is 3.23. The summed E-state index contributed by atoms with van der Waals surface area (Å²) in [5.74, 6) is -1.26. The van der Waals surface area contributed by atoms with Gasteiger partial charge >= 0.3 is 6.18 Å². The van der Waals surface area contributed by atoms with Crippen LogP contribution in [0.15, 0.2) is 5.83 Å². The fourth-order valence-corrected chi connectivity index (χ4v) is 2.60. The molecule has 1 heterocycles. The van der Waals surface area contributed by atoms with Gasteiger partial charge in [-0.3, -0.25) is 0 Å². The Morgan fingerprint density at radius 3 is 2.44 bits per heavy atom. The number of nitrogens with zero attached hydrogens (tertiary/aromatic N) is 3. The first-order chi connectivity index (χ1) is 12.6. The number of allylic oxidation sites excluding steroid dienone is 1. The van der Waals surface area contributed by atoms with Crippen LogP contribution in [-0.2, 0) is 0 Å². The third-order valence-electron chi connectivity index (χ3n) is 4.55. The summed E-state index contributed by atoms with van der Waals surface area (Å²) in [6, 6.07) is -1.94. The zero-order chi connectivity index (χ0) is 19.8. The number of hydrogen-bond donors (Lipinski definition) is 3. The fraction of sp³-hybridized carbons (Fsp3) is 0.688. The maximum atomic E-state index is 14.3. The van der Waals surface area contributed by atoms with Crippen LogP contribution in [0.3, 0.4) is 0 Å². The van der Waals surface area contributed by atoms with E-state index in [1.165, 1.54) is 0 Å². The molecule has 2 unspecified atom stereocenters. The number of rotatable bonds is 6. The minimum absolute atomic E-state index is 0.000867. The van der Waals surface area contributed by atoms with Gasteiger partial charge < -0.3 is 15.7 Å². The van der Waals surface area contributed by atoms with Gasteiger partial charge in [-0.05, 0) is 38.5 Å². The highest BCUT2D eigenvalue weighted by atomic mass is 19.4. The monoisotopic (exact) mass is 393 g/mol. The second-order valence-electron chi connectivity index (χ2n) is 6.86. The largest absolute Gasteiger partial charge is 0.408 e. The van der Waals surface area contributed by atoms with Gasteiger partial charge in [-0.15, -0.1) is 0 Å². The second kappa shape index (κ2) is 7.53. The van der Waals surface area contributed by atoms with E-state index < -0.39 is 30.3 Å². The molecule has 0 amide bonds. The molecular formula is C16H20F5N5O. The van der Waals surface area contributed by atoms with E-state index in [1.807, 2.05) is 0 Å². The lowest BCUT2D eigenvalue weighted by molar-refractivity contribution is -0.138. The number of aromatic nitrogens is 3. The number of hydrogen-bond acceptors (Lipinski definition) is 6. The van der Waals surface area contributed by atoms with E-state index in [-0.39, 0.29) is 36.1 Å². The molecule has 0 radical (unpaired) electrons. The summed E-state index contributed by atoms with van der Waals surface area (Å²) >= 11 is 0. The van der Waals surface area contributed by atoms with Gasteiger partial charge in [-0.2, -0.15) is 28.1 Å². The zero-order valence-electron chi connectivity index (χ0n) is 14.5. The molecule has 1 fully saturated rings. The maximum absolute atomic E-state index is 14.3. The molecule has 1 aromatic rings. The van der Waals surface area contributed by atoms with Crippen molar-refractivity contribution in [2.45, 2.75) is 57.1 Å². The molecule has 0 aliphatic heterocycles. The highest BCUT2D eigenvalue weighted by molar-refractivity contribution is 5.65. The number of anilines is 2. The Morgan fingerprint density at radius 2 is 1.81 bits per heavy atom. The summed E-state index contributed by atoms with van der Waals surface area (Å²) in [4.78, 5) is 11.8. The molecule has 1 aromatic heterocycles. The number of halogens is 5. The quantitative estimate of drug-likeness (QED) is 0.644. The minimum Gasteiger partial charge on any atom is -0.383 e. The average molecular weight is 393 g/mol. The van der Waals surface area contributed by atoms with E-state index in [1.54, 1.807) is 0 Å². The Bertz CT molecular complexity index is 722. The first-order valence-electron chi connectivity index (χ1n) is 8.69. The lowest BCUT2D eigenvalue weighted by Gasteiger charge is -2.23. The van der Waals surface area contributed by atoms with E-state index in [4.69, 9.17) is 0 Å². The average Bonchev–Trinajstić information content (AvgIpc) is 3.41.